The Balaban J connectivity index is 2.69. The quantitative estimate of drug-likeness (QED) is 0.595. The van der Waals surface area contributed by atoms with E-state index in [-0.39, 0.29) is 5.84 Å². The second-order valence-electron chi connectivity index (χ2n) is 4.17. The van der Waals surface area contributed by atoms with Crippen molar-refractivity contribution in [1.82, 2.24) is 0 Å². The fraction of sp³-hybridized carbons (Fsp3) is 0.417. The molecule has 0 aliphatic heterocycles. The summed E-state index contributed by atoms with van der Waals surface area (Å²) < 4.78 is 18.6. The predicted molar refractivity (Wildman–Crippen MR) is 61.9 cm³/mol. The fourth-order valence-corrected chi connectivity index (χ4v) is 1.30. The summed E-state index contributed by atoms with van der Waals surface area (Å²) in [6.07, 6.45) is 0. The van der Waals surface area contributed by atoms with E-state index in [4.69, 9.17) is 15.9 Å². The van der Waals surface area contributed by atoms with Crippen molar-refractivity contribution in [3.8, 4) is 0 Å². The number of nitrogens with one attached hydrogen (secondary N) is 1. The van der Waals surface area contributed by atoms with Gasteiger partial charge in [-0.1, -0.05) is 13.8 Å². The van der Waals surface area contributed by atoms with Crippen LogP contribution in [-0.2, 0) is 11.3 Å². The second-order valence-corrected chi connectivity index (χ2v) is 4.17. The molecule has 0 amide bonds. The largest absolute Gasteiger partial charge is 0.384 e. The van der Waals surface area contributed by atoms with Crippen LogP contribution in [0.15, 0.2) is 18.2 Å². The van der Waals surface area contributed by atoms with Crippen LogP contribution in [0, 0.1) is 17.1 Å². The SMILES string of the molecule is CC(C)COCc1cc(F)cc(C(=N)N)c1. The van der Waals surface area contributed by atoms with Crippen LogP contribution in [0.2, 0.25) is 0 Å². The summed E-state index contributed by atoms with van der Waals surface area (Å²) in [6.45, 7) is 5.07. The lowest BCUT2D eigenvalue weighted by Gasteiger charge is -2.08. The monoisotopic (exact) mass is 224 g/mol. The lowest BCUT2D eigenvalue weighted by molar-refractivity contribution is 0.0969. The van der Waals surface area contributed by atoms with E-state index in [1.807, 2.05) is 13.8 Å². The van der Waals surface area contributed by atoms with Crippen LogP contribution in [-0.4, -0.2) is 12.4 Å². The van der Waals surface area contributed by atoms with Crippen LogP contribution in [0.5, 0.6) is 0 Å². The van der Waals surface area contributed by atoms with E-state index in [0.717, 1.165) is 0 Å². The molecule has 0 saturated carbocycles. The number of nitrogen functional groups attached to an aromatic ring is 1. The first-order valence-electron chi connectivity index (χ1n) is 5.20. The van der Waals surface area contributed by atoms with Gasteiger partial charge in [0.2, 0.25) is 0 Å². The molecule has 88 valence electrons. The zero-order valence-corrected chi connectivity index (χ0v) is 9.59. The smallest absolute Gasteiger partial charge is 0.124 e. The lowest BCUT2D eigenvalue weighted by atomic mass is 10.1. The first-order valence-corrected chi connectivity index (χ1v) is 5.20. The van der Waals surface area contributed by atoms with Gasteiger partial charge in [0.25, 0.3) is 0 Å². The van der Waals surface area contributed by atoms with Gasteiger partial charge in [0.05, 0.1) is 6.61 Å². The van der Waals surface area contributed by atoms with Gasteiger partial charge in [-0.15, -0.1) is 0 Å². The number of rotatable bonds is 5. The molecule has 0 radical (unpaired) electrons. The Kier molecular flexibility index (Phi) is 4.43. The molecule has 0 spiro atoms. The number of hydrogen-bond acceptors (Lipinski definition) is 2. The van der Waals surface area contributed by atoms with Gasteiger partial charge in [-0.05, 0) is 29.7 Å². The standard InChI is InChI=1S/C12H17FN2O/c1-8(2)6-16-7-9-3-10(12(14)15)5-11(13)4-9/h3-5,8H,6-7H2,1-2H3,(H3,14,15). The van der Waals surface area contributed by atoms with Crippen molar-refractivity contribution in [2.75, 3.05) is 6.61 Å². The Labute approximate surface area is 94.9 Å². The van der Waals surface area contributed by atoms with E-state index in [9.17, 15) is 4.39 Å². The minimum atomic E-state index is -0.393. The molecule has 1 aromatic rings. The van der Waals surface area contributed by atoms with Crippen molar-refractivity contribution in [3.05, 3.63) is 35.1 Å². The average molecular weight is 224 g/mol. The van der Waals surface area contributed by atoms with Crippen LogP contribution < -0.4 is 5.73 Å². The van der Waals surface area contributed by atoms with Gasteiger partial charge in [0.15, 0.2) is 0 Å². The van der Waals surface area contributed by atoms with Crippen LogP contribution in [0.1, 0.15) is 25.0 Å². The number of hydrogen-bond donors (Lipinski definition) is 2. The Hall–Kier alpha value is -1.42. The third kappa shape index (κ3) is 3.98. The zero-order valence-electron chi connectivity index (χ0n) is 9.59. The predicted octanol–water partition coefficient (Wildman–Crippen LogP) is 2.28. The highest BCUT2D eigenvalue weighted by atomic mass is 19.1. The van der Waals surface area contributed by atoms with Gasteiger partial charge in [-0.25, -0.2) is 4.39 Å². The van der Waals surface area contributed by atoms with E-state index >= 15 is 0 Å². The summed E-state index contributed by atoms with van der Waals surface area (Å²) in [6, 6.07) is 4.31. The number of ether oxygens (including phenoxy) is 1. The van der Waals surface area contributed by atoms with Crippen LogP contribution >= 0.6 is 0 Å². The topological polar surface area (TPSA) is 59.1 Å². The van der Waals surface area contributed by atoms with E-state index in [1.165, 1.54) is 12.1 Å². The Bertz CT molecular complexity index is 377. The molecular formula is C12H17FN2O. The number of nitrogens with two attached hydrogens (primary N) is 1. The molecule has 3 N–H and O–H groups in total. The summed E-state index contributed by atoms with van der Waals surface area (Å²) in [4.78, 5) is 0. The van der Waals surface area contributed by atoms with E-state index in [1.54, 1.807) is 6.07 Å². The third-order valence-corrected chi connectivity index (χ3v) is 1.99. The van der Waals surface area contributed by atoms with Crippen LogP contribution in [0.4, 0.5) is 4.39 Å². The highest BCUT2D eigenvalue weighted by Crippen LogP contribution is 2.10. The maximum absolute atomic E-state index is 13.2. The average Bonchev–Trinajstić information content (AvgIpc) is 2.16. The minimum Gasteiger partial charge on any atom is -0.384 e. The van der Waals surface area contributed by atoms with E-state index in [2.05, 4.69) is 0 Å². The molecule has 0 saturated heterocycles. The van der Waals surface area contributed by atoms with Gasteiger partial charge in [-0.2, -0.15) is 0 Å². The maximum atomic E-state index is 13.2. The molecule has 16 heavy (non-hydrogen) atoms. The summed E-state index contributed by atoms with van der Waals surface area (Å²) in [5.41, 5.74) is 6.40. The Morgan fingerprint density at radius 1 is 1.44 bits per heavy atom. The molecule has 0 bridgehead atoms. The van der Waals surface area contributed by atoms with Gasteiger partial charge in [0, 0.05) is 12.2 Å². The van der Waals surface area contributed by atoms with Crippen molar-refractivity contribution >= 4 is 5.84 Å². The number of amidine groups is 1. The highest BCUT2D eigenvalue weighted by molar-refractivity contribution is 5.95. The highest BCUT2D eigenvalue weighted by Gasteiger charge is 2.04. The third-order valence-electron chi connectivity index (χ3n) is 1.99. The summed E-state index contributed by atoms with van der Waals surface area (Å²) >= 11 is 0. The van der Waals surface area contributed by atoms with Gasteiger partial charge < -0.3 is 10.5 Å². The normalized spacial score (nSPS) is 10.8. The van der Waals surface area contributed by atoms with Crippen molar-refractivity contribution in [2.24, 2.45) is 11.7 Å². The molecular weight excluding hydrogens is 207 g/mol. The molecule has 0 aliphatic rings. The molecule has 0 heterocycles. The second kappa shape index (κ2) is 5.61. The molecule has 0 unspecified atom stereocenters. The molecule has 0 atom stereocenters. The maximum Gasteiger partial charge on any atom is 0.124 e. The van der Waals surface area contributed by atoms with Gasteiger partial charge in [0.1, 0.15) is 11.7 Å². The molecule has 4 heteroatoms. The van der Waals surface area contributed by atoms with Crippen LogP contribution in [0.3, 0.4) is 0 Å². The molecule has 0 fully saturated rings. The molecule has 1 aromatic carbocycles. The van der Waals surface area contributed by atoms with E-state index < -0.39 is 5.82 Å². The Morgan fingerprint density at radius 2 is 2.12 bits per heavy atom. The fourth-order valence-electron chi connectivity index (χ4n) is 1.30. The minimum absolute atomic E-state index is 0.135. The van der Waals surface area contributed by atoms with Crippen molar-refractivity contribution in [1.29, 1.82) is 5.41 Å². The first-order chi connectivity index (χ1) is 7.49. The number of halogens is 1. The molecule has 3 nitrogen and oxygen atoms in total. The summed E-state index contributed by atoms with van der Waals surface area (Å²) in [7, 11) is 0. The first kappa shape index (κ1) is 12.6. The zero-order chi connectivity index (χ0) is 12.1. The summed E-state index contributed by atoms with van der Waals surface area (Å²) in [5, 5.41) is 7.24. The van der Waals surface area contributed by atoms with Crippen LogP contribution in [0.25, 0.3) is 0 Å². The lowest BCUT2D eigenvalue weighted by Crippen LogP contribution is -2.12. The van der Waals surface area contributed by atoms with E-state index in [0.29, 0.717) is 30.3 Å². The Morgan fingerprint density at radius 3 is 2.69 bits per heavy atom. The van der Waals surface area contributed by atoms with Crippen molar-refractivity contribution in [3.63, 3.8) is 0 Å². The number of benzene rings is 1. The molecule has 0 aromatic heterocycles. The summed E-state index contributed by atoms with van der Waals surface area (Å²) in [5.74, 6) is -0.0821. The van der Waals surface area contributed by atoms with Crippen molar-refractivity contribution < 1.29 is 9.13 Å². The van der Waals surface area contributed by atoms with Crippen molar-refractivity contribution in [2.45, 2.75) is 20.5 Å². The molecule has 1 rings (SSSR count). The van der Waals surface area contributed by atoms with Gasteiger partial charge in [-0.3, -0.25) is 5.41 Å². The molecule has 0 aliphatic carbocycles. The van der Waals surface area contributed by atoms with Gasteiger partial charge >= 0.3 is 0 Å².